The molecule has 0 atom stereocenters. The molecule has 3 aromatic carbocycles. The first-order valence-corrected chi connectivity index (χ1v) is 16.7. The van der Waals surface area contributed by atoms with Crippen LogP contribution in [0.2, 0.25) is 5.02 Å². The largest absolute Gasteiger partial charge is 0.487 e. The average molecular weight is 686 g/mol. The van der Waals surface area contributed by atoms with Crippen LogP contribution in [0.3, 0.4) is 0 Å². The van der Waals surface area contributed by atoms with E-state index in [0.717, 1.165) is 33.8 Å². The minimum atomic E-state index is -0.746. The molecule has 4 aliphatic carbocycles. The SMILES string of the molecule is C=CCc1cc(/C=C2\C(=O)NC(=O)N(c3ccc(C45CC6CC(CC(C6)C4)C5)cc3)C2=O)cc(Br)c1OCc1ccc(Cl)cc1. The molecule has 6 nitrogen and oxygen atoms in total. The Kier molecular flexibility index (Phi) is 7.95. The van der Waals surface area contributed by atoms with Crippen molar-refractivity contribution in [2.45, 2.75) is 57.0 Å². The molecule has 0 radical (unpaired) electrons. The molecule has 1 N–H and O–H groups in total. The monoisotopic (exact) mass is 684 g/mol. The van der Waals surface area contributed by atoms with Gasteiger partial charge >= 0.3 is 6.03 Å². The number of amides is 4. The van der Waals surface area contributed by atoms with Crippen LogP contribution >= 0.6 is 27.5 Å². The maximum Gasteiger partial charge on any atom is 0.335 e. The van der Waals surface area contributed by atoms with Crippen molar-refractivity contribution in [2.75, 3.05) is 4.90 Å². The van der Waals surface area contributed by atoms with E-state index in [2.05, 4.69) is 40.0 Å². The molecule has 1 heterocycles. The number of hydrogen-bond acceptors (Lipinski definition) is 4. The van der Waals surface area contributed by atoms with Crippen molar-refractivity contribution >= 4 is 57.1 Å². The highest BCUT2D eigenvalue weighted by atomic mass is 79.9. The van der Waals surface area contributed by atoms with Gasteiger partial charge in [0.2, 0.25) is 0 Å². The lowest BCUT2D eigenvalue weighted by Crippen LogP contribution is -2.54. The van der Waals surface area contributed by atoms with Crippen molar-refractivity contribution in [1.29, 1.82) is 0 Å². The molecule has 1 saturated heterocycles. The molecule has 8 heteroatoms. The van der Waals surface area contributed by atoms with E-state index in [1.807, 2.05) is 42.5 Å². The summed E-state index contributed by atoms with van der Waals surface area (Å²) in [5.41, 5.74) is 4.25. The predicted octanol–water partition coefficient (Wildman–Crippen LogP) is 8.54. The first-order chi connectivity index (χ1) is 21.7. The van der Waals surface area contributed by atoms with E-state index < -0.39 is 17.8 Å². The minimum absolute atomic E-state index is 0.119. The van der Waals surface area contributed by atoms with Crippen molar-refractivity contribution in [2.24, 2.45) is 17.8 Å². The number of carbonyl (C=O) groups is 3. The van der Waals surface area contributed by atoms with E-state index in [1.54, 1.807) is 12.1 Å². The van der Waals surface area contributed by atoms with Crippen LogP contribution < -0.4 is 15.0 Å². The van der Waals surface area contributed by atoms with Gasteiger partial charge in [0.05, 0.1) is 10.2 Å². The molecule has 4 saturated carbocycles. The smallest absolute Gasteiger partial charge is 0.335 e. The number of barbiturate groups is 1. The fraction of sp³-hybridized carbons (Fsp3) is 0.324. The maximum atomic E-state index is 13.7. The molecule has 0 spiro atoms. The molecular weight excluding hydrogens is 652 g/mol. The van der Waals surface area contributed by atoms with Gasteiger partial charge in [-0.05, 0) is 149 Å². The molecular formula is C37H34BrClN2O4. The van der Waals surface area contributed by atoms with Gasteiger partial charge in [-0.2, -0.15) is 0 Å². The Hall–Kier alpha value is -3.68. The van der Waals surface area contributed by atoms with E-state index in [4.69, 9.17) is 16.3 Å². The second kappa shape index (κ2) is 11.9. The second-order valence-corrected chi connectivity index (χ2v) is 14.4. The van der Waals surface area contributed by atoms with Crippen LogP contribution in [0.5, 0.6) is 5.75 Å². The van der Waals surface area contributed by atoms with Crippen molar-refractivity contribution in [3.8, 4) is 5.75 Å². The number of nitrogens with one attached hydrogen (secondary N) is 1. The number of allylic oxidation sites excluding steroid dienone is 1. The van der Waals surface area contributed by atoms with Crippen molar-refractivity contribution in [3.05, 3.63) is 111 Å². The molecule has 230 valence electrons. The van der Waals surface area contributed by atoms with Gasteiger partial charge < -0.3 is 4.74 Å². The average Bonchev–Trinajstić information content (AvgIpc) is 2.99. The highest BCUT2D eigenvalue weighted by molar-refractivity contribution is 9.10. The summed E-state index contributed by atoms with van der Waals surface area (Å²) in [4.78, 5) is 40.7. The number of benzene rings is 3. The van der Waals surface area contributed by atoms with Gasteiger partial charge in [0, 0.05) is 5.02 Å². The Labute approximate surface area is 276 Å². The number of imide groups is 2. The lowest BCUT2D eigenvalue weighted by Gasteiger charge is -2.57. The fourth-order valence-corrected chi connectivity index (χ4v) is 9.21. The number of anilines is 1. The van der Waals surface area contributed by atoms with Gasteiger partial charge in [-0.1, -0.05) is 41.9 Å². The van der Waals surface area contributed by atoms with Crippen LogP contribution in [0, 0.1) is 17.8 Å². The third kappa shape index (κ3) is 5.77. The quantitative estimate of drug-likeness (QED) is 0.147. The summed E-state index contributed by atoms with van der Waals surface area (Å²) in [6.45, 7) is 4.20. The molecule has 1 aliphatic heterocycles. The molecule has 3 aromatic rings. The van der Waals surface area contributed by atoms with Crippen LogP contribution in [0.1, 0.15) is 60.8 Å². The number of ether oxygens (including phenoxy) is 1. The molecule has 0 aromatic heterocycles. The first kappa shape index (κ1) is 30.0. The zero-order chi connectivity index (χ0) is 31.3. The highest BCUT2D eigenvalue weighted by Gasteiger charge is 2.51. The summed E-state index contributed by atoms with van der Waals surface area (Å²) in [5.74, 6) is 1.72. The zero-order valence-electron chi connectivity index (χ0n) is 24.9. The third-order valence-corrected chi connectivity index (χ3v) is 10.8. The Balaban J connectivity index is 1.14. The van der Waals surface area contributed by atoms with E-state index >= 15 is 0 Å². The first-order valence-electron chi connectivity index (χ1n) is 15.5. The molecule has 5 aliphatic rings. The predicted molar refractivity (Wildman–Crippen MR) is 179 cm³/mol. The molecule has 5 fully saturated rings. The summed E-state index contributed by atoms with van der Waals surface area (Å²) in [7, 11) is 0. The zero-order valence-corrected chi connectivity index (χ0v) is 27.2. The van der Waals surface area contributed by atoms with Gasteiger partial charge in [0.1, 0.15) is 17.9 Å². The van der Waals surface area contributed by atoms with Gasteiger partial charge in [-0.3, -0.25) is 14.9 Å². The normalized spacial score (nSPS) is 26.4. The summed E-state index contributed by atoms with van der Waals surface area (Å²) in [6.07, 6.45) is 11.6. The summed E-state index contributed by atoms with van der Waals surface area (Å²) in [5, 5.41) is 3.01. The van der Waals surface area contributed by atoms with Gasteiger partial charge in [0.15, 0.2) is 0 Å². The topological polar surface area (TPSA) is 75.7 Å². The Morgan fingerprint density at radius 2 is 1.60 bits per heavy atom. The van der Waals surface area contributed by atoms with Crippen molar-refractivity contribution in [3.63, 3.8) is 0 Å². The van der Waals surface area contributed by atoms with E-state index in [0.29, 0.717) is 39.5 Å². The van der Waals surface area contributed by atoms with Crippen LogP contribution in [0.4, 0.5) is 10.5 Å². The van der Waals surface area contributed by atoms with Crippen LogP contribution in [-0.4, -0.2) is 17.8 Å². The van der Waals surface area contributed by atoms with Crippen molar-refractivity contribution < 1.29 is 19.1 Å². The molecule has 4 bridgehead atoms. The van der Waals surface area contributed by atoms with Gasteiger partial charge in [0.25, 0.3) is 11.8 Å². The number of rotatable bonds is 8. The van der Waals surface area contributed by atoms with E-state index in [-0.39, 0.29) is 11.0 Å². The Morgan fingerprint density at radius 3 is 2.22 bits per heavy atom. The van der Waals surface area contributed by atoms with Crippen LogP contribution in [-0.2, 0) is 28.0 Å². The standard InChI is InChI=1S/C37H34BrClN2O4/c1-2-3-27-15-23(17-32(38)33(27)45-21-22-4-8-29(39)9-5-22)16-31-34(42)40-36(44)41(35(31)43)30-10-6-28(7-11-30)37-18-24-12-25(19-37)14-26(13-24)20-37/h2,4-11,15-17,24-26H,1,3,12-14,18-21H2,(H,40,42,44)/b31-16+. The number of urea groups is 1. The van der Waals surface area contributed by atoms with Gasteiger partial charge in [-0.25, -0.2) is 9.69 Å². The number of carbonyl (C=O) groups excluding carboxylic acids is 3. The number of nitrogens with zero attached hydrogens (tertiary/aromatic N) is 1. The van der Waals surface area contributed by atoms with Crippen molar-refractivity contribution in [1.82, 2.24) is 5.32 Å². The molecule has 4 amide bonds. The Morgan fingerprint density at radius 1 is 0.956 bits per heavy atom. The summed E-state index contributed by atoms with van der Waals surface area (Å²) in [6, 6.07) is 18.2. The second-order valence-electron chi connectivity index (χ2n) is 13.1. The lowest BCUT2D eigenvalue weighted by atomic mass is 9.48. The highest BCUT2D eigenvalue weighted by Crippen LogP contribution is 2.60. The van der Waals surface area contributed by atoms with Crippen LogP contribution in [0.15, 0.2) is 83.4 Å². The molecule has 8 rings (SSSR count). The number of halogens is 2. The lowest BCUT2D eigenvalue weighted by molar-refractivity contribution is -0.122. The maximum absolute atomic E-state index is 13.7. The summed E-state index contributed by atoms with van der Waals surface area (Å²) < 4.78 is 6.82. The minimum Gasteiger partial charge on any atom is -0.487 e. The third-order valence-electron chi connectivity index (χ3n) is 9.99. The molecule has 0 unspecified atom stereocenters. The fourth-order valence-electron chi connectivity index (χ4n) is 8.45. The van der Waals surface area contributed by atoms with Gasteiger partial charge in [-0.15, -0.1) is 6.58 Å². The Bertz CT molecular complexity index is 1690. The van der Waals surface area contributed by atoms with E-state index in [1.165, 1.54) is 50.2 Å². The number of hydrogen-bond donors (Lipinski definition) is 1. The summed E-state index contributed by atoms with van der Waals surface area (Å²) >= 11 is 9.62. The molecule has 45 heavy (non-hydrogen) atoms. The van der Waals surface area contributed by atoms with Crippen LogP contribution in [0.25, 0.3) is 6.08 Å². The van der Waals surface area contributed by atoms with E-state index in [9.17, 15) is 14.4 Å².